The zero-order chi connectivity index (χ0) is 10.9. The van der Waals surface area contributed by atoms with E-state index in [2.05, 4.69) is 42.0 Å². The van der Waals surface area contributed by atoms with Crippen molar-refractivity contribution in [2.75, 3.05) is 17.3 Å². The van der Waals surface area contributed by atoms with Crippen LogP contribution in [0.5, 0.6) is 0 Å². The summed E-state index contributed by atoms with van der Waals surface area (Å²) in [5, 5.41) is 0. The summed E-state index contributed by atoms with van der Waals surface area (Å²) in [7, 11) is -0.250. The fourth-order valence-corrected chi connectivity index (χ4v) is 8.20. The molecule has 88 valence electrons. The van der Waals surface area contributed by atoms with E-state index in [1.54, 1.807) is 0 Å². The Morgan fingerprint density at radius 3 is 1.71 bits per heavy atom. The first-order chi connectivity index (χ1) is 6.68. The molecule has 0 aromatic heterocycles. The van der Waals surface area contributed by atoms with Crippen LogP contribution in [0, 0.1) is 0 Å². The normalized spacial score (nSPS) is 13.1. The van der Waals surface area contributed by atoms with Crippen LogP contribution in [0.4, 0.5) is 0 Å². The molecule has 0 N–H and O–H groups in total. The van der Waals surface area contributed by atoms with Crippen molar-refractivity contribution in [1.29, 1.82) is 0 Å². The zero-order valence-electron chi connectivity index (χ0n) is 10.2. The van der Waals surface area contributed by atoms with Gasteiger partial charge >= 0.3 is 0 Å². The van der Waals surface area contributed by atoms with Gasteiger partial charge < -0.3 is 0 Å². The lowest BCUT2D eigenvalue weighted by Gasteiger charge is -2.33. The molecule has 0 spiro atoms. The molecular weight excluding hydrogens is 303 g/mol. The maximum Gasteiger partial charge on any atom is -0.0144 e. The van der Waals surface area contributed by atoms with Crippen LogP contribution < -0.4 is 0 Å². The zero-order valence-corrected chi connectivity index (χ0v) is 13.1. The van der Waals surface area contributed by atoms with Crippen molar-refractivity contribution < 1.29 is 0 Å². The Kier molecular flexibility index (Phi) is 10.0. The van der Waals surface area contributed by atoms with Gasteiger partial charge in [-0.2, -0.15) is 7.20 Å². The third kappa shape index (κ3) is 7.38. The molecule has 0 unspecified atom stereocenters. The van der Waals surface area contributed by atoms with Crippen molar-refractivity contribution in [2.24, 2.45) is 0 Å². The van der Waals surface area contributed by atoms with Crippen LogP contribution in [0.1, 0.15) is 59.3 Å². The second-order valence-electron chi connectivity index (χ2n) is 4.11. The molecule has 2 heteroatoms. The van der Waals surface area contributed by atoms with Crippen LogP contribution in [-0.2, 0) is 0 Å². The number of rotatable bonds is 9. The van der Waals surface area contributed by atoms with Gasteiger partial charge in [0.1, 0.15) is 0 Å². The van der Waals surface area contributed by atoms with E-state index in [0.29, 0.717) is 0 Å². The van der Waals surface area contributed by atoms with Gasteiger partial charge in [-0.25, -0.2) is 0 Å². The van der Waals surface area contributed by atoms with Crippen molar-refractivity contribution in [3.8, 4) is 0 Å². The molecule has 0 saturated carbocycles. The number of hydrogen-bond acceptors (Lipinski definition) is 0. The first-order valence-corrected chi connectivity index (χ1v) is 10.8. The summed E-state index contributed by atoms with van der Waals surface area (Å²) in [5.41, 5.74) is 0. The second kappa shape index (κ2) is 9.32. The lowest BCUT2D eigenvalue weighted by Crippen LogP contribution is -2.06. The summed E-state index contributed by atoms with van der Waals surface area (Å²) >= 11 is 2.81. The lowest BCUT2D eigenvalue weighted by molar-refractivity contribution is 0.705. The van der Waals surface area contributed by atoms with Gasteiger partial charge in [-0.15, -0.1) is 0 Å². The van der Waals surface area contributed by atoms with Crippen molar-refractivity contribution in [2.45, 2.75) is 59.3 Å². The number of unbranched alkanes of at least 4 members (excludes halogenated alkanes) is 3. The minimum atomic E-state index is -0.250. The summed E-state index contributed by atoms with van der Waals surface area (Å²) in [4.78, 5) is 0. The van der Waals surface area contributed by atoms with E-state index < -0.39 is 0 Å². The maximum atomic E-state index is 2.81. The Balaban J connectivity index is 3.71. The minimum absolute atomic E-state index is 0.250. The SMILES string of the molecule is CCCCCCS(I)(CCC)CCC. The van der Waals surface area contributed by atoms with Gasteiger partial charge in [0, 0.05) is 0 Å². The van der Waals surface area contributed by atoms with E-state index in [-0.39, 0.29) is 7.20 Å². The monoisotopic (exact) mass is 330 g/mol. The third-order valence-corrected chi connectivity index (χ3v) is 9.77. The molecule has 0 aliphatic rings. The summed E-state index contributed by atoms with van der Waals surface area (Å²) in [6.45, 7) is 6.96. The van der Waals surface area contributed by atoms with Gasteiger partial charge in [0.15, 0.2) is 0 Å². The first kappa shape index (κ1) is 15.1. The van der Waals surface area contributed by atoms with E-state index in [4.69, 9.17) is 0 Å². The molecule has 0 rings (SSSR count). The summed E-state index contributed by atoms with van der Waals surface area (Å²) in [5.74, 6) is 4.51. The maximum absolute atomic E-state index is 2.81. The molecule has 14 heavy (non-hydrogen) atoms. The highest BCUT2D eigenvalue weighted by atomic mass is 127. The molecular formula is C12H27IS. The molecule has 0 fully saturated rings. The van der Waals surface area contributed by atoms with Crippen LogP contribution in [0.3, 0.4) is 0 Å². The van der Waals surface area contributed by atoms with Crippen LogP contribution >= 0.6 is 28.4 Å². The lowest BCUT2D eigenvalue weighted by atomic mass is 10.2. The first-order valence-electron chi connectivity index (χ1n) is 6.14. The van der Waals surface area contributed by atoms with Crippen molar-refractivity contribution >= 4 is 28.4 Å². The Morgan fingerprint density at radius 2 is 1.29 bits per heavy atom. The van der Waals surface area contributed by atoms with Gasteiger partial charge in [-0.3, -0.25) is 0 Å². The molecule has 0 aliphatic heterocycles. The Hall–Kier alpha value is 1.08. The highest BCUT2D eigenvalue weighted by Gasteiger charge is 2.17. The highest BCUT2D eigenvalue weighted by molar-refractivity contribution is 14.2. The molecule has 0 heterocycles. The predicted octanol–water partition coefficient (Wildman–Crippen LogP) is 5.54. The van der Waals surface area contributed by atoms with E-state index >= 15 is 0 Å². The van der Waals surface area contributed by atoms with Gasteiger partial charge in [-0.1, -0.05) is 40.0 Å². The highest BCUT2D eigenvalue weighted by Crippen LogP contribution is 2.57. The van der Waals surface area contributed by atoms with Gasteiger partial charge in [0.05, 0.1) is 0 Å². The van der Waals surface area contributed by atoms with Crippen molar-refractivity contribution in [3.63, 3.8) is 0 Å². The Labute approximate surface area is 105 Å². The van der Waals surface area contributed by atoms with Gasteiger partial charge in [0.25, 0.3) is 0 Å². The average molecular weight is 330 g/mol. The number of hydrogen-bond donors (Lipinski definition) is 0. The Morgan fingerprint density at radius 1 is 0.714 bits per heavy atom. The van der Waals surface area contributed by atoms with Crippen molar-refractivity contribution in [3.05, 3.63) is 0 Å². The third-order valence-electron chi connectivity index (χ3n) is 2.50. The molecule has 0 nitrogen and oxygen atoms in total. The van der Waals surface area contributed by atoms with Gasteiger partial charge in [0.2, 0.25) is 0 Å². The number of halogens is 1. The fourth-order valence-electron chi connectivity index (χ4n) is 1.83. The smallest absolute Gasteiger partial charge is 0.0144 e. The predicted molar refractivity (Wildman–Crippen MR) is 80.9 cm³/mol. The molecule has 0 radical (unpaired) electrons. The molecule has 0 aromatic carbocycles. The largest absolute Gasteiger partial charge is 0.187 e. The molecule has 0 aliphatic carbocycles. The second-order valence-corrected chi connectivity index (χ2v) is 12.8. The fraction of sp³-hybridized carbons (Fsp3) is 1.00. The van der Waals surface area contributed by atoms with Crippen LogP contribution in [0.2, 0.25) is 0 Å². The summed E-state index contributed by atoms with van der Waals surface area (Å²) < 4.78 is 0. The van der Waals surface area contributed by atoms with E-state index in [1.165, 1.54) is 55.8 Å². The van der Waals surface area contributed by atoms with Gasteiger partial charge in [-0.05, 0) is 57.7 Å². The van der Waals surface area contributed by atoms with E-state index in [0.717, 1.165) is 0 Å². The van der Waals surface area contributed by atoms with Crippen LogP contribution in [0.15, 0.2) is 0 Å². The Bertz CT molecular complexity index is 119. The average Bonchev–Trinajstić information content (AvgIpc) is 2.13. The van der Waals surface area contributed by atoms with Crippen LogP contribution in [-0.4, -0.2) is 17.3 Å². The summed E-state index contributed by atoms with van der Waals surface area (Å²) in [6, 6.07) is 0. The molecule has 0 atom stereocenters. The molecule has 0 aromatic rings. The topological polar surface area (TPSA) is 0 Å². The summed E-state index contributed by atoms with van der Waals surface area (Å²) in [6.07, 6.45) is 8.50. The van der Waals surface area contributed by atoms with Crippen LogP contribution in [0.25, 0.3) is 0 Å². The quantitative estimate of drug-likeness (QED) is 0.384. The molecule has 0 bridgehead atoms. The van der Waals surface area contributed by atoms with E-state index in [1.807, 2.05) is 0 Å². The standard InChI is InChI=1S/C12H27IS/c1-4-7-8-9-12-14(13,10-5-2)11-6-3/h4-12H2,1-3H3. The molecule has 0 saturated heterocycles. The minimum Gasteiger partial charge on any atom is -0.187 e. The molecule has 0 amide bonds. The van der Waals surface area contributed by atoms with Crippen molar-refractivity contribution in [1.82, 2.24) is 0 Å². The van der Waals surface area contributed by atoms with E-state index in [9.17, 15) is 0 Å².